The van der Waals surface area contributed by atoms with E-state index in [9.17, 15) is 24.0 Å². The Morgan fingerprint density at radius 1 is 1.22 bits per heavy atom. The number of amides is 4. The van der Waals surface area contributed by atoms with Gasteiger partial charge in [0, 0.05) is 24.4 Å². The highest BCUT2D eigenvalue weighted by molar-refractivity contribution is 6.08. The van der Waals surface area contributed by atoms with E-state index in [4.69, 9.17) is 19.7 Å². The summed E-state index contributed by atoms with van der Waals surface area (Å²) in [6.45, 7) is 5.58. The van der Waals surface area contributed by atoms with Crippen molar-refractivity contribution in [3.05, 3.63) is 64.7 Å². The zero-order chi connectivity index (χ0) is 30.1. The van der Waals surface area contributed by atoms with Gasteiger partial charge in [-0.3, -0.25) is 14.4 Å². The third-order valence-electron chi connectivity index (χ3n) is 5.85. The molecule has 0 spiro atoms. The number of hydrogen-bond donors (Lipinski definition) is 4. The van der Waals surface area contributed by atoms with Crippen molar-refractivity contribution in [2.45, 2.75) is 33.7 Å². The van der Waals surface area contributed by atoms with Crippen molar-refractivity contribution in [1.29, 1.82) is 0 Å². The molecule has 0 bridgehead atoms. The van der Waals surface area contributed by atoms with Gasteiger partial charge >= 0.3 is 12.1 Å². The molecule has 15 heteroatoms. The maximum absolute atomic E-state index is 13.1. The van der Waals surface area contributed by atoms with Gasteiger partial charge in [0.15, 0.2) is 5.82 Å². The summed E-state index contributed by atoms with van der Waals surface area (Å²) < 4.78 is 14.4. The summed E-state index contributed by atoms with van der Waals surface area (Å²) >= 11 is 0. The Kier molecular flexibility index (Phi) is 9.94. The van der Waals surface area contributed by atoms with E-state index >= 15 is 0 Å². The molecule has 0 fully saturated rings. The maximum Gasteiger partial charge on any atom is 0.419 e. The molecule has 1 unspecified atom stereocenters. The van der Waals surface area contributed by atoms with E-state index in [-0.39, 0.29) is 23.8 Å². The molecule has 4 amide bonds. The summed E-state index contributed by atoms with van der Waals surface area (Å²) in [5, 5.41) is 8.45. The normalized spacial score (nSPS) is 11.8. The van der Waals surface area contributed by atoms with E-state index in [0.717, 1.165) is 10.5 Å². The molecule has 0 aliphatic heterocycles. The molecule has 2 heterocycles. The highest BCUT2D eigenvalue weighted by Crippen LogP contribution is 2.23. The zero-order valence-electron chi connectivity index (χ0n) is 22.7. The van der Waals surface area contributed by atoms with Crippen LogP contribution in [0.25, 0.3) is 0 Å². The molecular weight excluding hydrogens is 538 g/mol. The predicted octanol–water partition coefficient (Wildman–Crippen LogP) is 2.14. The number of carbonyl (C=O) groups excluding carboxylic acids is 5. The fraction of sp³-hybridized carbons (Fsp3) is 0.269. The van der Waals surface area contributed by atoms with Crippen LogP contribution in [0.5, 0.6) is 0 Å². The molecule has 5 N–H and O–H groups in total. The Labute approximate surface area is 234 Å². The average Bonchev–Trinajstić information content (AvgIpc) is 3.59. The van der Waals surface area contributed by atoms with Crippen LogP contribution < -0.4 is 16.4 Å². The lowest BCUT2D eigenvalue weighted by molar-refractivity contribution is -0.154. The first-order valence-electron chi connectivity index (χ1n) is 12.3. The minimum Gasteiger partial charge on any atom is -0.426 e. The van der Waals surface area contributed by atoms with Gasteiger partial charge in [-0.25, -0.2) is 19.5 Å². The molecule has 3 aromatic rings. The topological polar surface area (TPSA) is 211 Å². The van der Waals surface area contributed by atoms with Crippen molar-refractivity contribution >= 4 is 47.6 Å². The smallest absolute Gasteiger partial charge is 0.419 e. The number of aliphatic imine (C=N–C) groups is 1. The summed E-state index contributed by atoms with van der Waals surface area (Å²) in [5.74, 6) is -1.64. The van der Waals surface area contributed by atoms with Gasteiger partial charge in [0.05, 0.1) is 16.9 Å². The predicted molar refractivity (Wildman–Crippen MR) is 144 cm³/mol. The van der Waals surface area contributed by atoms with Crippen molar-refractivity contribution in [2.75, 3.05) is 18.7 Å². The standard InChI is InChI=1S/C26H29N7O8/c1-5-33(26(38)40-13-39-25(37)16(4)29-12-34)24(36)18-11-28-21(15(18)3)22(27)30-19-10-17(7-6-14(19)2)23(35)31-20-8-9-41-32-20/h6-12,16,28H,5,13H2,1-4H3,(H2,27,30)(H,29,34)(H,31,32,35). The van der Waals surface area contributed by atoms with Crippen LogP contribution in [-0.4, -0.2) is 70.5 Å². The lowest BCUT2D eigenvalue weighted by atomic mass is 10.1. The molecule has 1 aromatic carbocycles. The van der Waals surface area contributed by atoms with Gasteiger partial charge in [0.2, 0.25) is 13.2 Å². The number of H-pyrrole nitrogens is 1. The molecule has 15 nitrogen and oxygen atoms in total. The number of aromatic nitrogens is 2. The number of amidine groups is 1. The molecule has 41 heavy (non-hydrogen) atoms. The number of rotatable bonds is 11. The van der Waals surface area contributed by atoms with Crippen LogP contribution in [0, 0.1) is 13.8 Å². The molecule has 0 saturated carbocycles. The number of nitrogens with zero attached hydrogens (tertiary/aromatic N) is 3. The van der Waals surface area contributed by atoms with Crippen LogP contribution in [0.3, 0.4) is 0 Å². The Bertz CT molecular complexity index is 1460. The quantitative estimate of drug-likeness (QED) is 0.0871. The van der Waals surface area contributed by atoms with Gasteiger partial charge in [-0.15, -0.1) is 0 Å². The second-order valence-corrected chi connectivity index (χ2v) is 8.59. The third-order valence-corrected chi connectivity index (χ3v) is 5.85. The summed E-state index contributed by atoms with van der Waals surface area (Å²) in [4.78, 5) is 68.5. The first-order valence-corrected chi connectivity index (χ1v) is 12.3. The number of nitrogens with two attached hydrogens (primary N) is 1. The summed E-state index contributed by atoms with van der Waals surface area (Å²) in [6.07, 6.45) is 2.00. The number of hydrogen-bond acceptors (Lipinski definition) is 10. The first kappa shape index (κ1) is 30.1. The summed E-state index contributed by atoms with van der Waals surface area (Å²) in [5.41, 5.74) is 8.61. The minimum atomic E-state index is -1.04. The van der Waals surface area contributed by atoms with Crippen LogP contribution in [0.4, 0.5) is 16.3 Å². The van der Waals surface area contributed by atoms with E-state index in [1.165, 1.54) is 25.5 Å². The van der Waals surface area contributed by atoms with Crippen LogP contribution in [0.15, 0.2) is 46.2 Å². The zero-order valence-corrected chi connectivity index (χ0v) is 22.7. The SMILES string of the molecule is CCN(C(=O)OCOC(=O)C(C)NC=O)C(=O)c1c[nH]c(C(N)=Nc2cc(C(=O)Nc3ccon3)ccc2C)c1C. The largest absolute Gasteiger partial charge is 0.426 e. The van der Waals surface area contributed by atoms with Crippen LogP contribution in [0.2, 0.25) is 0 Å². The van der Waals surface area contributed by atoms with E-state index < -0.39 is 36.7 Å². The van der Waals surface area contributed by atoms with Gasteiger partial charge in [0.1, 0.15) is 18.1 Å². The monoisotopic (exact) mass is 567 g/mol. The molecular formula is C26H29N7O8. The van der Waals surface area contributed by atoms with E-state index in [0.29, 0.717) is 28.9 Å². The molecule has 0 radical (unpaired) electrons. The number of ether oxygens (including phenoxy) is 2. The van der Waals surface area contributed by atoms with Crippen molar-refractivity contribution in [2.24, 2.45) is 10.7 Å². The minimum absolute atomic E-state index is 0.0364. The average molecular weight is 568 g/mol. The van der Waals surface area contributed by atoms with Gasteiger partial charge in [0.25, 0.3) is 11.8 Å². The van der Waals surface area contributed by atoms with E-state index in [1.807, 2.05) is 0 Å². The Balaban J connectivity index is 1.73. The third kappa shape index (κ3) is 7.35. The lowest BCUT2D eigenvalue weighted by Crippen LogP contribution is -2.39. The number of aryl methyl sites for hydroxylation is 1. The lowest BCUT2D eigenvalue weighted by Gasteiger charge is -2.19. The summed E-state index contributed by atoms with van der Waals surface area (Å²) in [7, 11) is 0. The Hall–Kier alpha value is -5.47. The molecule has 2 aromatic heterocycles. The second-order valence-electron chi connectivity index (χ2n) is 8.59. The number of carbonyl (C=O) groups is 5. The highest BCUT2D eigenvalue weighted by atomic mass is 16.7. The van der Waals surface area contributed by atoms with Crippen LogP contribution >= 0.6 is 0 Å². The van der Waals surface area contributed by atoms with Gasteiger partial charge < -0.3 is 35.3 Å². The molecule has 0 aliphatic rings. The van der Waals surface area contributed by atoms with Crippen LogP contribution in [0.1, 0.15) is 51.4 Å². The van der Waals surface area contributed by atoms with E-state index in [1.54, 1.807) is 39.0 Å². The summed E-state index contributed by atoms with van der Waals surface area (Å²) in [6, 6.07) is 5.45. The number of nitrogens with one attached hydrogen (secondary N) is 3. The van der Waals surface area contributed by atoms with Gasteiger partial charge in [-0.2, -0.15) is 0 Å². The van der Waals surface area contributed by atoms with Crippen LogP contribution in [-0.2, 0) is 19.1 Å². The number of imide groups is 1. The van der Waals surface area contributed by atoms with Crippen molar-refractivity contribution < 1.29 is 38.0 Å². The fourth-order valence-corrected chi connectivity index (χ4v) is 3.52. The number of esters is 1. The number of aromatic amines is 1. The van der Waals surface area contributed by atoms with E-state index in [2.05, 4.69) is 25.8 Å². The molecule has 3 rings (SSSR count). The second kappa shape index (κ2) is 13.5. The first-order chi connectivity index (χ1) is 19.6. The molecule has 0 aliphatic carbocycles. The Morgan fingerprint density at radius 2 is 1.98 bits per heavy atom. The molecule has 0 saturated heterocycles. The van der Waals surface area contributed by atoms with Crippen molar-refractivity contribution in [3.63, 3.8) is 0 Å². The fourth-order valence-electron chi connectivity index (χ4n) is 3.52. The van der Waals surface area contributed by atoms with Crippen molar-refractivity contribution in [1.82, 2.24) is 20.4 Å². The van der Waals surface area contributed by atoms with Crippen molar-refractivity contribution in [3.8, 4) is 0 Å². The van der Waals surface area contributed by atoms with Gasteiger partial charge in [-0.05, 0) is 51.0 Å². The highest BCUT2D eigenvalue weighted by Gasteiger charge is 2.27. The van der Waals surface area contributed by atoms with Gasteiger partial charge in [-0.1, -0.05) is 11.2 Å². The molecule has 216 valence electrons. The number of benzene rings is 1. The Morgan fingerprint density at radius 3 is 2.63 bits per heavy atom. The maximum atomic E-state index is 13.1. The number of anilines is 1. The molecule has 1 atom stereocenters.